The highest BCUT2D eigenvalue weighted by molar-refractivity contribution is 5.78. The molecule has 1 fully saturated rings. The summed E-state index contributed by atoms with van der Waals surface area (Å²) in [5.74, 6) is 0.0520. The van der Waals surface area contributed by atoms with Gasteiger partial charge in [-0.3, -0.25) is 9.78 Å². The van der Waals surface area contributed by atoms with Gasteiger partial charge in [-0.15, -0.1) is 0 Å². The van der Waals surface area contributed by atoms with Crippen molar-refractivity contribution < 1.29 is 4.79 Å². The second kappa shape index (κ2) is 5.07. The maximum Gasteiger partial charge on any atom is 0.234 e. The first-order valence-electron chi connectivity index (χ1n) is 5.68. The molecule has 1 aliphatic rings. The lowest BCUT2D eigenvalue weighted by molar-refractivity contribution is -0.120. The summed E-state index contributed by atoms with van der Waals surface area (Å²) in [4.78, 5) is 15.5. The monoisotopic (exact) mass is 219 g/mol. The second-order valence-electron chi connectivity index (χ2n) is 4.22. The third kappa shape index (κ3) is 3.31. The summed E-state index contributed by atoms with van der Waals surface area (Å²) in [6, 6.07) is 4.44. The fourth-order valence-corrected chi connectivity index (χ4v) is 1.55. The number of carbonyl (C=O) groups is 1. The Morgan fingerprint density at radius 3 is 2.81 bits per heavy atom. The van der Waals surface area contributed by atoms with E-state index in [0.29, 0.717) is 12.6 Å². The zero-order valence-electron chi connectivity index (χ0n) is 9.44. The van der Waals surface area contributed by atoms with Crippen molar-refractivity contribution in [3.8, 4) is 0 Å². The summed E-state index contributed by atoms with van der Waals surface area (Å²) < 4.78 is 0. The van der Waals surface area contributed by atoms with Crippen LogP contribution in [-0.2, 0) is 4.79 Å². The summed E-state index contributed by atoms with van der Waals surface area (Å²) >= 11 is 0. The molecule has 1 atom stereocenters. The molecule has 0 aromatic carbocycles. The van der Waals surface area contributed by atoms with Crippen molar-refractivity contribution in [3.05, 3.63) is 30.1 Å². The normalized spacial score (nSPS) is 16.8. The van der Waals surface area contributed by atoms with Crippen LogP contribution in [0.4, 0.5) is 0 Å². The van der Waals surface area contributed by atoms with E-state index in [0.717, 1.165) is 5.56 Å². The fourth-order valence-electron chi connectivity index (χ4n) is 1.55. The molecular formula is C12H17N3O. The number of hydrogen-bond donors (Lipinski definition) is 2. The SMILES string of the molecule is C[C@H](NC(=O)CNC1CC1)c1ccncc1. The number of nitrogens with zero attached hydrogens (tertiary/aromatic N) is 1. The topological polar surface area (TPSA) is 54.0 Å². The number of amides is 1. The van der Waals surface area contributed by atoms with Crippen molar-refractivity contribution in [1.29, 1.82) is 0 Å². The van der Waals surface area contributed by atoms with Gasteiger partial charge < -0.3 is 10.6 Å². The minimum Gasteiger partial charge on any atom is -0.348 e. The van der Waals surface area contributed by atoms with E-state index in [4.69, 9.17) is 0 Å². The zero-order valence-corrected chi connectivity index (χ0v) is 9.44. The average Bonchev–Trinajstić information content (AvgIpc) is 3.11. The highest BCUT2D eigenvalue weighted by Crippen LogP contribution is 2.18. The molecule has 0 spiro atoms. The van der Waals surface area contributed by atoms with Crippen LogP contribution in [0.5, 0.6) is 0 Å². The molecule has 4 nitrogen and oxygen atoms in total. The minimum absolute atomic E-state index is 0.0384. The molecule has 86 valence electrons. The molecule has 0 bridgehead atoms. The third-order valence-electron chi connectivity index (χ3n) is 2.71. The molecular weight excluding hydrogens is 202 g/mol. The zero-order chi connectivity index (χ0) is 11.4. The summed E-state index contributed by atoms with van der Waals surface area (Å²) in [5, 5.41) is 6.14. The number of aromatic nitrogens is 1. The van der Waals surface area contributed by atoms with Crippen LogP contribution in [0.3, 0.4) is 0 Å². The standard InChI is InChI=1S/C12H17N3O/c1-9(10-4-6-13-7-5-10)15-12(16)8-14-11-2-3-11/h4-7,9,11,14H,2-3,8H2,1H3,(H,15,16)/t9-/m0/s1. The maximum absolute atomic E-state index is 11.6. The van der Waals surface area contributed by atoms with Gasteiger partial charge in [0.25, 0.3) is 0 Å². The van der Waals surface area contributed by atoms with E-state index in [1.807, 2.05) is 19.1 Å². The van der Waals surface area contributed by atoms with Crippen molar-refractivity contribution >= 4 is 5.91 Å². The molecule has 16 heavy (non-hydrogen) atoms. The number of pyridine rings is 1. The van der Waals surface area contributed by atoms with E-state index < -0.39 is 0 Å². The first-order chi connectivity index (χ1) is 7.75. The van der Waals surface area contributed by atoms with E-state index in [2.05, 4.69) is 15.6 Å². The first-order valence-corrected chi connectivity index (χ1v) is 5.68. The van der Waals surface area contributed by atoms with E-state index in [1.165, 1.54) is 12.8 Å². The smallest absolute Gasteiger partial charge is 0.234 e. The van der Waals surface area contributed by atoms with Crippen LogP contribution in [0.15, 0.2) is 24.5 Å². The van der Waals surface area contributed by atoms with Gasteiger partial charge in [0.05, 0.1) is 12.6 Å². The van der Waals surface area contributed by atoms with Gasteiger partial charge in [-0.1, -0.05) is 0 Å². The van der Waals surface area contributed by atoms with Crippen LogP contribution < -0.4 is 10.6 Å². The molecule has 1 aromatic rings. The van der Waals surface area contributed by atoms with Crippen molar-refractivity contribution in [2.24, 2.45) is 0 Å². The number of nitrogens with one attached hydrogen (secondary N) is 2. The Hall–Kier alpha value is -1.42. The van der Waals surface area contributed by atoms with E-state index >= 15 is 0 Å². The predicted molar refractivity (Wildman–Crippen MR) is 61.8 cm³/mol. The number of hydrogen-bond acceptors (Lipinski definition) is 3. The fraction of sp³-hybridized carbons (Fsp3) is 0.500. The predicted octanol–water partition coefficient (Wildman–Crippen LogP) is 1.01. The third-order valence-corrected chi connectivity index (χ3v) is 2.71. The van der Waals surface area contributed by atoms with Gasteiger partial charge in [-0.05, 0) is 37.5 Å². The molecule has 0 saturated heterocycles. The molecule has 0 unspecified atom stereocenters. The van der Waals surface area contributed by atoms with Crippen LogP contribution >= 0.6 is 0 Å². The van der Waals surface area contributed by atoms with E-state index in [1.54, 1.807) is 12.4 Å². The van der Waals surface area contributed by atoms with Crippen molar-refractivity contribution in [2.45, 2.75) is 31.8 Å². The molecule has 1 heterocycles. The van der Waals surface area contributed by atoms with Crippen molar-refractivity contribution in [2.75, 3.05) is 6.54 Å². The van der Waals surface area contributed by atoms with Gasteiger partial charge in [0.15, 0.2) is 0 Å². The van der Waals surface area contributed by atoms with Gasteiger partial charge in [0.2, 0.25) is 5.91 Å². The Morgan fingerprint density at radius 1 is 1.50 bits per heavy atom. The molecule has 0 radical (unpaired) electrons. The number of carbonyl (C=O) groups excluding carboxylic acids is 1. The molecule has 1 amide bonds. The second-order valence-corrected chi connectivity index (χ2v) is 4.22. The molecule has 2 N–H and O–H groups in total. The quantitative estimate of drug-likeness (QED) is 0.777. The van der Waals surface area contributed by atoms with E-state index in [-0.39, 0.29) is 11.9 Å². The lowest BCUT2D eigenvalue weighted by atomic mass is 10.1. The van der Waals surface area contributed by atoms with Gasteiger partial charge >= 0.3 is 0 Å². The van der Waals surface area contributed by atoms with Gasteiger partial charge in [0.1, 0.15) is 0 Å². The molecule has 2 rings (SSSR count). The lowest BCUT2D eigenvalue weighted by Gasteiger charge is -2.14. The van der Waals surface area contributed by atoms with E-state index in [9.17, 15) is 4.79 Å². The summed E-state index contributed by atoms with van der Waals surface area (Å²) in [6.07, 6.45) is 5.88. The number of rotatable bonds is 5. The van der Waals surface area contributed by atoms with Crippen molar-refractivity contribution in [3.63, 3.8) is 0 Å². The molecule has 0 aliphatic heterocycles. The average molecular weight is 219 g/mol. The van der Waals surface area contributed by atoms with Gasteiger partial charge in [0, 0.05) is 18.4 Å². The molecule has 1 saturated carbocycles. The van der Waals surface area contributed by atoms with Crippen LogP contribution in [-0.4, -0.2) is 23.5 Å². The van der Waals surface area contributed by atoms with Crippen LogP contribution in [0.2, 0.25) is 0 Å². The Balaban J connectivity index is 1.77. The Labute approximate surface area is 95.5 Å². The first kappa shape index (κ1) is 11.1. The highest BCUT2D eigenvalue weighted by atomic mass is 16.1. The molecule has 1 aliphatic carbocycles. The van der Waals surface area contributed by atoms with Crippen molar-refractivity contribution in [1.82, 2.24) is 15.6 Å². The van der Waals surface area contributed by atoms with Crippen LogP contribution in [0, 0.1) is 0 Å². The maximum atomic E-state index is 11.6. The molecule has 4 heteroatoms. The van der Waals surface area contributed by atoms with Crippen LogP contribution in [0.1, 0.15) is 31.4 Å². The van der Waals surface area contributed by atoms with Gasteiger partial charge in [-0.25, -0.2) is 0 Å². The summed E-state index contributed by atoms with van der Waals surface area (Å²) in [7, 11) is 0. The minimum atomic E-state index is 0.0384. The summed E-state index contributed by atoms with van der Waals surface area (Å²) in [5.41, 5.74) is 1.08. The van der Waals surface area contributed by atoms with Gasteiger partial charge in [-0.2, -0.15) is 0 Å². The highest BCUT2D eigenvalue weighted by Gasteiger charge is 2.21. The Kier molecular flexibility index (Phi) is 3.51. The largest absolute Gasteiger partial charge is 0.348 e. The Morgan fingerprint density at radius 2 is 2.19 bits per heavy atom. The molecule has 1 aromatic heterocycles. The Bertz CT molecular complexity index is 349. The lowest BCUT2D eigenvalue weighted by Crippen LogP contribution is -2.36. The summed E-state index contributed by atoms with van der Waals surface area (Å²) in [6.45, 7) is 2.39. The van der Waals surface area contributed by atoms with Crippen LogP contribution in [0.25, 0.3) is 0 Å².